The van der Waals surface area contributed by atoms with Gasteiger partial charge in [0, 0.05) is 27.5 Å². The molecule has 1 aliphatic heterocycles. The summed E-state index contributed by atoms with van der Waals surface area (Å²) in [5.74, 6) is 1.51. The van der Waals surface area contributed by atoms with Gasteiger partial charge in [-0.15, -0.1) is 0 Å². The molecule has 0 amide bonds. The molecule has 9 aromatic rings. The fourth-order valence-corrected chi connectivity index (χ4v) is 7.38. The number of furan rings is 1. The van der Waals surface area contributed by atoms with Gasteiger partial charge in [0.15, 0.2) is 5.84 Å². The van der Waals surface area contributed by atoms with Gasteiger partial charge in [0.2, 0.25) is 0 Å². The maximum atomic E-state index is 6.39. The summed E-state index contributed by atoms with van der Waals surface area (Å²) in [5.41, 5.74) is 9.43. The van der Waals surface area contributed by atoms with Crippen LogP contribution < -0.4 is 5.32 Å². The van der Waals surface area contributed by atoms with E-state index in [1.165, 1.54) is 16.2 Å². The summed E-state index contributed by atoms with van der Waals surface area (Å²) in [6.07, 6.45) is -0.360. The number of nitrogens with one attached hydrogen (secondary N) is 1. The van der Waals surface area contributed by atoms with Crippen molar-refractivity contribution in [1.29, 1.82) is 0 Å². The highest BCUT2D eigenvalue weighted by molar-refractivity contribution is 6.14. The molecule has 0 radical (unpaired) electrons. The van der Waals surface area contributed by atoms with Gasteiger partial charge in [-0.05, 0) is 68.1 Å². The number of hydrogen-bond donors (Lipinski definition) is 1. The molecule has 0 aliphatic carbocycles. The lowest BCUT2D eigenvalue weighted by Gasteiger charge is -2.26. The quantitative estimate of drug-likeness (QED) is 0.201. The highest BCUT2D eigenvalue weighted by atomic mass is 16.3. The SMILES string of the molecule is c1ccc(C2=NC(c3c(-c4ccc(-c5ccc6c(c5)oc5cc7ccccc7cc56)cc4)ccc4ccccc34)NC(c3ccccc3)=N2)cc1. The van der Waals surface area contributed by atoms with Gasteiger partial charge in [0.1, 0.15) is 23.2 Å². The summed E-state index contributed by atoms with van der Waals surface area (Å²) >= 11 is 0. The highest BCUT2D eigenvalue weighted by Gasteiger charge is 2.25. The molecule has 10 rings (SSSR count). The Morgan fingerprint density at radius 3 is 1.84 bits per heavy atom. The van der Waals surface area contributed by atoms with Gasteiger partial charge in [0.05, 0.1) is 0 Å². The topological polar surface area (TPSA) is 49.9 Å². The van der Waals surface area contributed by atoms with E-state index in [-0.39, 0.29) is 6.17 Å². The van der Waals surface area contributed by atoms with E-state index in [0.717, 1.165) is 72.1 Å². The van der Waals surface area contributed by atoms with Crippen LogP contribution in [0.2, 0.25) is 0 Å². The Balaban J connectivity index is 1.07. The first-order valence-corrected chi connectivity index (χ1v) is 17.3. The molecule has 1 aromatic heterocycles. The molecule has 0 bridgehead atoms. The molecule has 8 aromatic carbocycles. The van der Waals surface area contributed by atoms with Crippen LogP contribution >= 0.6 is 0 Å². The lowest BCUT2D eigenvalue weighted by atomic mass is 9.91. The number of aliphatic imine (C=N–C) groups is 2. The molecule has 4 nitrogen and oxygen atoms in total. The summed E-state index contributed by atoms with van der Waals surface area (Å²) in [6, 6.07) is 61.7. The molecule has 1 aliphatic rings. The van der Waals surface area contributed by atoms with Gasteiger partial charge in [0.25, 0.3) is 0 Å². The zero-order chi connectivity index (χ0) is 33.7. The predicted octanol–water partition coefficient (Wildman–Crippen LogP) is 11.7. The monoisotopic (exact) mass is 653 g/mol. The lowest BCUT2D eigenvalue weighted by Crippen LogP contribution is -2.34. The number of nitrogens with zero attached hydrogens (tertiary/aromatic N) is 2. The van der Waals surface area contributed by atoms with Crippen LogP contribution in [0.4, 0.5) is 0 Å². The molecule has 51 heavy (non-hydrogen) atoms. The first-order chi connectivity index (χ1) is 25.2. The Morgan fingerprint density at radius 2 is 1.06 bits per heavy atom. The summed E-state index contributed by atoms with van der Waals surface area (Å²) in [6.45, 7) is 0. The van der Waals surface area contributed by atoms with Crippen molar-refractivity contribution in [2.75, 3.05) is 0 Å². The van der Waals surface area contributed by atoms with Crippen LogP contribution in [0.15, 0.2) is 190 Å². The molecule has 0 spiro atoms. The number of fused-ring (bicyclic) bond motifs is 5. The number of rotatable bonds is 5. The summed E-state index contributed by atoms with van der Waals surface area (Å²) in [4.78, 5) is 10.3. The average molecular weight is 654 g/mol. The van der Waals surface area contributed by atoms with Crippen molar-refractivity contribution in [3.63, 3.8) is 0 Å². The molecule has 0 fully saturated rings. The highest BCUT2D eigenvalue weighted by Crippen LogP contribution is 2.39. The Bertz CT molecular complexity index is 2820. The van der Waals surface area contributed by atoms with E-state index in [1.54, 1.807) is 0 Å². The van der Waals surface area contributed by atoms with E-state index in [9.17, 15) is 0 Å². The van der Waals surface area contributed by atoms with Crippen LogP contribution in [0.3, 0.4) is 0 Å². The van der Waals surface area contributed by atoms with Gasteiger partial charge in [-0.3, -0.25) is 0 Å². The second-order valence-corrected chi connectivity index (χ2v) is 13.0. The largest absolute Gasteiger partial charge is 0.456 e. The minimum atomic E-state index is -0.360. The second kappa shape index (κ2) is 12.0. The second-order valence-electron chi connectivity index (χ2n) is 13.0. The Hall–Kier alpha value is -6.78. The van der Waals surface area contributed by atoms with Crippen LogP contribution in [0, 0.1) is 0 Å². The standard InChI is InChI=1S/C47H31N3O/c1-3-12-33(13-4-1)45-48-46(34-14-5-2-6-15-34)50-47(49-45)44-38-18-10-9-11-31(38)23-25-39(44)32-21-19-30(20-22-32)37-24-26-40-41-27-35-16-7-8-17-36(35)28-43(41)51-42(40)29-37/h1-29,47H,(H,48,49,50). The molecule has 4 heteroatoms. The van der Waals surface area contributed by atoms with E-state index in [4.69, 9.17) is 14.4 Å². The molecule has 2 heterocycles. The van der Waals surface area contributed by atoms with Crippen molar-refractivity contribution in [2.24, 2.45) is 9.98 Å². The van der Waals surface area contributed by atoms with Crippen molar-refractivity contribution >= 4 is 55.2 Å². The minimum Gasteiger partial charge on any atom is -0.456 e. The molecular formula is C47H31N3O. The normalized spacial score (nSPS) is 14.5. The molecule has 1 atom stereocenters. The third-order valence-electron chi connectivity index (χ3n) is 9.93. The Kier molecular flexibility index (Phi) is 6.85. The summed E-state index contributed by atoms with van der Waals surface area (Å²) in [7, 11) is 0. The molecular weight excluding hydrogens is 623 g/mol. The first kappa shape index (κ1) is 29.2. The van der Waals surface area contributed by atoms with Crippen molar-refractivity contribution < 1.29 is 4.42 Å². The molecule has 0 saturated carbocycles. The van der Waals surface area contributed by atoms with Crippen LogP contribution in [0.25, 0.3) is 65.7 Å². The van der Waals surface area contributed by atoms with Crippen LogP contribution in [0.5, 0.6) is 0 Å². The Morgan fingerprint density at radius 1 is 0.431 bits per heavy atom. The Labute approximate surface area is 295 Å². The first-order valence-electron chi connectivity index (χ1n) is 17.3. The number of benzene rings is 8. The third-order valence-corrected chi connectivity index (χ3v) is 9.93. The van der Waals surface area contributed by atoms with Gasteiger partial charge in [-0.25, -0.2) is 9.98 Å². The van der Waals surface area contributed by atoms with Crippen molar-refractivity contribution in [1.82, 2.24) is 5.32 Å². The van der Waals surface area contributed by atoms with Crippen LogP contribution in [-0.4, -0.2) is 11.7 Å². The van der Waals surface area contributed by atoms with Crippen molar-refractivity contribution in [2.45, 2.75) is 6.17 Å². The smallest absolute Gasteiger partial charge is 0.159 e. The molecule has 0 saturated heterocycles. The number of hydrogen-bond acceptors (Lipinski definition) is 4. The zero-order valence-electron chi connectivity index (χ0n) is 27.6. The van der Waals surface area contributed by atoms with E-state index >= 15 is 0 Å². The summed E-state index contributed by atoms with van der Waals surface area (Å²) in [5, 5.41) is 10.7. The summed E-state index contributed by atoms with van der Waals surface area (Å²) < 4.78 is 6.39. The predicted molar refractivity (Wildman–Crippen MR) is 211 cm³/mol. The third kappa shape index (κ3) is 5.17. The molecule has 240 valence electrons. The minimum absolute atomic E-state index is 0.360. The number of amidine groups is 2. The van der Waals surface area contributed by atoms with Gasteiger partial charge >= 0.3 is 0 Å². The molecule has 1 unspecified atom stereocenters. The fraction of sp³-hybridized carbons (Fsp3) is 0.0213. The fourth-order valence-electron chi connectivity index (χ4n) is 7.38. The molecule has 1 N–H and O–H groups in total. The lowest BCUT2D eigenvalue weighted by molar-refractivity contribution is 0.669. The maximum Gasteiger partial charge on any atom is 0.159 e. The van der Waals surface area contributed by atoms with Gasteiger partial charge in [-0.1, -0.05) is 152 Å². The van der Waals surface area contributed by atoms with E-state index < -0.39 is 0 Å². The maximum absolute atomic E-state index is 6.39. The van der Waals surface area contributed by atoms with Gasteiger partial charge in [-0.2, -0.15) is 0 Å². The van der Waals surface area contributed by atoms with Crippen molar-refractivity contribution in [3.05, 3.63) is 193 Å². The van der Waals surface area contributed by atoms with Crippen LogP contribution in [-0.2, 0) is 0 Å². The van der Waals surface area contributed by atoms with E-state index in [0.29, 0.717) is 5.84 Å². The van der Waals surface area contributed by atoms with Crippen LogP contribution in [0.1, 0.15) is 22.9 Å². The average Bonchev–Trinajstić information content (AvgIpc) is 3.56. The van der Waals surface area contributed by atoms with Gasteiger partial charge < -0.3 is 9.73 Å². The zero-order valence-corrected chi connectivity index (χ0v) is 27.6. The van der Waals surface area contributed by atoms with E-state index in [2.05, 4.69) is 145 Å². The van der Waals surface area contributed by atoms with Crippen molar-refractivity contribution in [3.8, 4) is 22.3 Å². The van der Waals surface area contributed by atoms with E-state index in [1.807, 2.05) is 36.4 Å².